The average molecular weight is 569 g/mol. The molecule has 1 fully saturated rings. The number of nitrogens with zero attached hydrogens (tertiary/aromatic N) is 4. The predicted molar refractivity (Wildman–Crippen MR) is 160 cm³/mol. The van der Waals surface area contributed by atoms with Crippen LogP contribution in [0, 0.1) is 0 Å². The first-order valence-electron chi connectivity index (χ1n) is 13.3. The van der Waals surface area contributed by atoms with Crippen molar-refractivity contribution < 1.29 is 4.43 Å². The molecule has 0 amide bonds. The van der Waals surface area contributed by atoms with Gasteiger partial charge < -0.3 is 9.74 Å². The first kappa shape index (κ1) is 27.1. The molecule has 5 rings (SSSR count). The normalized spacial score (nSPS) is 18.6. The third kappa shape index (κ3) is 5.22. The van der Waals surface area contributed by atoms with Crippen molar-refractivity contribution in [3.05, 3.63) is 72.1 Å². The summed E-state index contributed by atoms with van der Waals surface area (Å²) in [5.41, 5.74) is 1.50. The first-order chi connectivity index (χ1) is 18.3. The molecule has 0 radical (unpaired) electrons. The standard InChI is InChI=1S/C29H35Cl2N5OSi/c1-29(2,3)38(23-10-6-4-7-11-23,24-12-8-5-9-13-24)37-22-16-14-21(15-17-22)36-26-25(20-33-27(31)35-26)34-28(36)32-19-18-30/h4-13,20-22H,14-19H2,1-3H3,(H,32,34)/t21-,22-. The fourth-order valence-electron chi connectivity index (χ4n) is 5.86. The number of rotatable bonds is 8. The van der Waals surface area contributed by atoms with E-state index in [2.05, 4.69) is 101 Å². The van der Waals surface area contributed by atoms with Gasteiger partial charge in [0.25, 0.3) is 8.32 Å². The lowest BCUT2D eigenvalue weighted by Gasteiger charge is -2.46. The lowest BCUT2D eigenvalue weighted by molar-refractivity contribution is 0.124. The molecule has 0 bridgehead atoms. The van der Waals surface area contributed by atoms with E-state index in [1.807, 2.05) is 0 Å². The minimum atomic E-state index is -2.59. The van der Waals surface area contributed by atoms with E-state index in [-0.39, 0.29) is 22.5 Å². The highest BCUT2D eigenvalue weighted by Gasteiger charge is 2.51. The van der Waals surface area contributed by atoms with Gasteiger partial charge in [0, 0.05) is 24.6 Å². The summed E-state index contributed by atoms with van der Waals surface area (Å²) in [5, 5.41) is 6.19. The van der Waals surface area contributed by atoms with Gasteiger partial charge in [0.05, 0.1) is 6.20 Å². The summed E-state index contributed by atoms with van der Waals surface area (Å²) < 4.78 is 9.61. The van der Waals surface area contributed by atoms with E-state index in [0.717, 1.165) is 42.8 Å². The van der Waals surface area contributed by atoms with Crippen LogP contribution in [0.15, 0.2) is 66.9 Å². The SMILES string of the molecule is CC(C)(C)[Si](O[C@H]1CC[C@H](n2c(NCCCl)nc3cnc(Cl)nc32)CC1)(c1ccccc1)c1ccccc1. The molecular weight excluding hydrogens is 533 g/mol. The molecule has 9 heteroatoms. The van der Waals surface area contributed by atoms with Gasteiger partial charge in [0.2, 0.25) is 11.2 Å². The van der Waals surface area contributed by atoms with E-state index in [0.29, 0.717) is 12.4 Å². The van der Waals surface area contributed by atoms with Gasteiger partial charge in [-0.2, -0.15) is 4.98 Å². The lowest BCUT2D eigenvalue weighted by Crippen LogP contribution is -2.67. The van der Waals surface area contributed by atoms with Gasteiger partial charge in [-0.25, -0.2) is 9.97 Å². The molecule has 2 aromatic carbocycles. The maximum atomic E-state index is 7.42. The van der Waals surface area contributed by atoms with Crippen LogP contribution in [-0.2, 0) is 4.43 Å². The van der Waals surface area contributed by atoms with Crippen molar-refractivity contribution in [1.82, 2.24) is 19.5 Å². The van der Waals surface area contributed by atoms with Crippen LogP contribution in [-0.4, -0.2) is 46.4 Å². The predicted octanol–water partition coefficient (Wildman–Crippen LogP) is 6.19. The zero-order chi connectivity index (χ0) is 26.8. The molecular formula is C29H35Cl2N5OSi. The summed E-state index contributed by atoms with van der Waals surface area (Å²) in [6.45, 7) is 7.63. The van der Waals surface area contributed by atoms with Gasteiger partial charge in [-0.05, 0) is 52.7 Å². The molecule has 2 heterocycles. The second-order valence-electron chi connectivity index (χ2n) is 11.0. The molecule has 38 heavy (non-hydrogen) atoms. The van der Waals surface area contributed by atoms with Crippen molar-refractivity contribution in [3.8, 4) is 0 Å². The van der Waals surface area contributed by atoms with Crippen molar-refractivity contribution in [2.75, 3.05) is 17.7 Å². The number of halogens is 2. The summed E-state index contributed by atoms with van der Waals surface area (Å²) in [6.07, 6.45) is 5.71. The zero-order valence-electron chi connectivity index (χ0n) is 22.2. The Morgan fingerprint density at radius 3 is 2.11 bits per heavy atom. The molecule has 0 spiro atoms. The summed E-state index contributed by atoms with van der Waals surface area (Å²) in [7, 11) is -2.59. The quantitative estimate of drug-likeness (QED) is 0.156. The van der Waals surface area contributed by atoms with E-state index < -0.39 is 8.32 Å². The van der Waals surface area contributed by atoms with Crippen LogP contribution < -0.4 is 15.7 Å². The van der Waals surface area contributed by atoms with Crippen LogP contribution in [0.3, 0.4) is 0 Å². The van der Waals surface area contributed by atoms with Crippen molar-refractivity contribution in [2.24, 2.45) is 0 Å². The first-order valence-corrected chi connectivity index (χ1v) is 16.1. The largest absolute Gasteiger partial charge is 0.404 e. The Morgan fingerprint density at radius 2 is 1.55 bits per heavy atom. The Labute approximate surface area is 235 Å². The molecule has 1 aliphatic carbocycles. The molecule has 1 aliphatic rings. The number of alkyl halides is 1. The molecule has 1 N–H and O–H groups in total. The molecule has 1 saturated carbocycles. The fraction of sp³-hybridized carbons (Fsp3) is 0.414. The number of benzene rings is 2. The van der Waals surface area contributed by atoms with Gasteiger partial charge in [0.1, 0.15) is 5.52 Å². The summed E-state index contributed by atoms with van der Waals surface area (Å²) >= 11 is 12.1. The monoisotopic (exact) mass is 567 g/mol. The molecule has 0 saturated heterocycles. The van der Waals surface area contributed by atoms with Crippen LogP contribution in [0.4, 0.5) is 5.95 Å². The van der Waals surface area contributed by atoms with Crippen molar-refractivity contribution in [3.63, 3.8) is 0 Å². The van der Waals surface area contributed by atoms with E-state index in [1.54, 1.807) is 6.20 Å². The van der Waals surface area contributed by atoms with E-state index in [4.69, 9.17) is 32.6 Å². The Kier molecular flexibility index (Phi) is 8.10. The molecule has 0 unspecified atom stereocenters. The van der Waals surface area contributed by atoms with E-state index >= 15 is 0 Å². The Bertz CT molecular complexity index is 1310. The Hall–Kier alpha value is -2.45. The summed E-state index contributed by atoms with van der Waals surface area (Å²) in [4.78, 5) is 13.4. The number of hydrogen-bond donors (Lipinski definition) is 1. The number of hydrogen-bond acceptors (Lipinski definition) is 5. The highest BCUT2D eigenvalue weighted by molar-refractivity contribution is 6.99. The smallest absolute Gasteiger partial charge is 0.261 e. The fourth-order valence-corrected chi connectivity index (χ4v) is 10.8. The minimum absolute atomic E-state index is 0.0422. The number of nitrogens with one attached hydrogen (secondary N) is 1. The Balaban J connectivity index is 1.45. The average Bonchev–Trinajstić information content (AvgIpc) is 3.28. The highest BCUT2D eigenvalue weighted by atomic mass is 35.5. The molecule has 200 valence electrons. The van der Waals surface area contributed by atoms with Gasteiger partial charge in [0.15, 0.2) is 5.65 Å². The molecule has 6 nitrogen and oxygen atoms in total. The molecule has 0 atom stereocenters. The van der Waals surface area contributed by atoms with E-state index in [1.165, 1.54) is 10.4 Å². The van der Waals surface area contributed by atoms with Crippen molar-refractivity contribution >= 4 is 59.0 Å². The number of imidazole rings is 1. The molecule has 2 aromatic heterocycles. The van der Waals surface area contributed by atoms with Crippen LogP contribution in [0.25, 0.3) is 11.2 Å². The Morgan fingerprint density at radius 1 is 0.947 bits per heavy atom. The minimum Gasteiger partial charge on any atom is -0.404 e. The van der Waals surface area contributed by atoms with Gasteiger partial charge in [-0.3, -0.25) is 4.57 Å². The third-order valence-electron chi connectivity index (χ3n) is 7.55. The number of fused-ring (bicyclic) bond motifs is 1. The maximum Gasteiger partial charge on any atom is 0.261 e. The van der Waals surface area contributed by atoms with Gasteiger partial charge in [-0.15, -0.1) is 11.6 Å². The van der Waals surface area contributed by atoms with Gasteiger partial charge >= 0.3 is 0 Å². The van der Waals surface area contributed by atoms with Crippen LogP contribution >= 0.6 is 23.2 Å². The van der Waals surface area contributed by atoms with Crippen LogP contribution in [0.2, 0.25) is 10.3 Å². The third-order valence-corrected chi connectivity index (χ3v) is 13.0. The van der Waals surface area contributed by atoms with Crippen molar-refractivity contribution in [1.29, 1.82) is 0 Å². The van der Waals surface area contributed by atoms with Crippen LogP contribution in [0.1, 0.15) is 52.5 Å². The van der Waals surface area contributed by atoms with Crippen molar-refractivity contribution in [2.45, 2.75) is 63.6 Å². The molecule has 4 aromatic rings. The van der Waals surface area contributed by atoms with Gasteiger partial charge in [-0.1, -0.05) is 81.4 Å². The lowest BCUT2D eigenvalue weighted by atomic mass is 9.93. The highest BCUT2D eigenvalue weighted by Crippen LogP contribution is 2.41. The summed E-state index contributed by atoms with van der Waals surface area (Å²) in [6, 6.07) is 22.0. The summed E-state index contributed by atoms with van der Waals surface area (Å²) in [5.74, 6) is 1.27. The molecule has 0 aliphatic heterocycles. The second kappa shape index (κ2) is 11.3. The number of aromatic nitrogens is 4. The maximum absolute atomic E-state index is 7.42. The van der Waals surface area contributed by atoms with Crippen LogP contribution in [0.5, 0.6) is 0 Å². The van der Waals surface area contributed by atoms with E-state index in [9.17, 15) is 0 Å². The number of anilines is 1. The topological polar surface area (TPSA) is 64.9 Å². The second-order valence-corrected chi connectivity index (χ2v) is 15.9. The zero-order valence-corrected chi connectivity index (χ0v) is 24.7.